The van der Waals surface area contributed by atoms with Crippen LogP contribution in [0.2, 0.25) is 0 Å². The number of hydrogen-bond donors (Lipinski definition) is 1. The number of aryl methyl sites for hydroxylation is 1. The largest absolute Gasteiger partial charge is 0.484 e. The lowest BCUT2D eigenvalue weighted by Gasteiger charge is -2.24. The smallest absolute Gasteiger partial charge is 0.258 e. The molecular formula is C18H22N2O4S. The van der Waals surface area contributed by atoms with Gasteiger partial charge < -0.3 is 10.1 Å². The van der Waals surface area contributed by atoms with Crippen LogP contribution in [0.1, 0.15) is 5.56 Å². The highest BCUT2D eigenvalue weighted by molar-refractivity contribution is 7.92. The van der Waals surface area contributed by atoms with Crippen molar-refractivity contribution in [3.63, 3.8) is 0 Å². The van der Waals surface area contributed by atoms with Crippen molar-refractivity contribution in [3.8, 4) is 5.75 Å². The minimum absolute atomic E-state index is 0.118. The second kappa shape index (κ2) is 8.53. The summed E-state index contributed by atoms with van der Waals surface area (Å²) in [6, 6.07) is 16.2. The molecule has 2 aromatic rings. The molecule has 0 radical (unpaired) electrons. The maximum absolute atomic E-state index is 12.1. The number of hydrogen-bond acceptors (Lipinski definition) is 4. The summed E-state index contributed by atoms with van der Waals surface area (Å²) in [7, 11) is -3.44. The van der Waals surface area contributed by atoms with E-state index < -0.39 is 10.0 Å². The molecule has 0 aliphatic rings. The number of sulfonamides is 1. The Morgan fingerprint density at radius 1 is 1.08 bits per heavy atom. The summed E-state index contributed by atoms with van der Waals surface area (Å²) in [5, 5.41) is 2.67. The van der Waals surface area contributed by atoms with Crippen molar-refractivity contribution in [2.24, 2.45) is 0 Å². The fourth-order valence-electron chi connectivity index (χ4n) is 2.32. The lowest BCUT2D eigenvalue weighted by Crippen LogP contribution is -2.39. The van der Waals surface area contributed by atoms with Crippen molar-refractivity contribution in [1.82, 2.24) is 5.32 Å². The maximum Gasteiger partial charge on any atom is 0.258 e. The van der Waals surface area contributed by atoms with Crippen LogP contribution in [-0.2, 0) is 14.8 Å². The van der Waals surface area contributed by atoms with E-state index in [9.17, 15) is 13.2 Å². The number of anilines is 1. The average molecular weight is 362 g/mol. The van der Waals surface area contributed by atoms with Crippen LogP contribution < -0.4 is 14.4 Å². The number of para-hydroxylation sites is 2. The van der Waals surface area contributed by atoms with Crippen LogP contribution in [0.15, 0.2) is 54.6 Å². The van der Waals surface area contributed by atoms with Crippen molar-refractivity contribution < 1.29 is 17.9 Å². The summed E-state index contributed by atoms with van der Waals surface area (Å²) in [4.78, 5) is 11.8. The van der Waals surface area contributed by atoms with Gasteiger partial charge in [0.25, 0.3) is 5.91 Å². The molecule has 0 aromatic heterocycles. The van der Waals surface area contributed by atoms with Gasteiger partial charge in [-0.3, -0.25) is 9.10 Å². The van der Waals surface area contributed by atoms with Gasteiger partial charge in [0.1, 0.15) is 5.75 Å². The highest BCUT2D eigenvalue weighted by Crippen LogP contribution is 2.21. The SMILES string of the molecule is Cc1ccccc1N(CCNC(=O)COc1ccccc1)S(C)(=O)=O. The third kappa shape index (κ3) is 5.79. The Labute approximate surface area is 148 Å². The van der Waals surface area contributed by atoms with Crippen LogP contribution >= 0.6 is 0 Å². The van der Waals surface area contributed by atoms with E-state index >= 15 is 0 Å². The molecule has 0 saturated carbocycles. The number of carbonyl (C=O) groups excluding carboxylic acids is 1. The van der Waals surface area contributed by atoms with E-state index in [1.54, 1.807) is 24.3 Å². The summed E-state index contributed by atoms with van der Waals surface area (Å²) in [5.74, 6) is 0.303. The molecule has 0 fully saturated rings. The highest BCUT2D eigenvalue weighted by atomic mass is 32.2. The Kier molecular flexibility index (Phi) is 6.41. The molecule has 0 atom stereocenters. The third-order valence-corrected chi connectivity index (χ3v) is 4.71. The fourth-order valence-corrected chi connectivity index (χ4v) is 3.31. The van der Waals surface area contributed by atoms with Gasteiger partial charge in [0.2, 0.25) is 10.0 Å². The predicted octanol–water partition coefficient (Wildman–Crippen LogP) is 1.96. The number of nitrogens with one attached hydrogen (secondary N) is 1. The van der Waals surface area contributed by atoms with E-state index in [-0.39, 0.29) is 25.6 Å². The van der Waals surface area contributed by atoms with E-state index in [2.05, 4.69) is 5.32 Å². The second-order valence-electron chi connectivity index (χ2n) is 5.57. The normalized spacial score (nSPS) is 11.0. The topological polar surface area (TPSA) is 75.7 Å². The fraction of sp³-hybridized carbons (Fsp3) is 0.278. The van der Waals surface area contributed by atoms with Crippen molar-refractivity contribution >= 4 is 21.6 Å². The first-order chi connectivity index (χ1) is 11.9. The number of benzene rings is 2. The van der Waals surface area contributed by atoms with Gasteiger partial charge >= 0.3 is 0 Å². The Morgan fingerprint density at radius 3 is 2.36 bits per heavy atom. The van der Waals surface area contributed by atoms with Gasteiger partial charge in [0, 0.05) is 6.54 Å². The van der Waals surface area contributed by atoms with Gasteiger partial charge in [0.15, 0.2) is 6.61 Å². The zero-order chi connectivity index (χ0) is 18.3. The molecule has 0 aliphatic heterocycles. The molecule has 2 aromatic carbocycles. The Bertz CT molecular complexity index is 807. The number of ether oxygens (including phenoxy) is 1. The number of amides is 1. The van der Waals surface area contributed by atoms with Crippen LogP contribution in [0.4, 0.5) is 5.69 Å². The zero-order valence-corrected chi connectivity index (χ0v) is 15.1. The van der Waals surface area contributed by atoms with Gasteiger partial charge in [-0.25, -0.2) is 8.42 Å². The molecule has 0 saturated heterocycles. The molecule has 1 N–H and O–H groups in total. The molecule has 134 valence electrons. The Morgan fingerprint density at radius 2 is 1.72 bits per heavy atom. The number of rotatable bonds is 8. The molecule has 25 heavy (non-hydrogen) atoms. The first-order valence-corrected chi connectivity index (χ1v) is 9.70. The minimum Gasteiger partial charge on any atom is -0.484 e. The predicted molar refractivity (Wildman–Crippen MR) is 98.3 cm³/mol. The quantitative estimate of drug-likeness (QED) is 0.779. The zero-order valence-electron chi connectivity index (χ0n) is 14.3. The lowest BCUT2D eigenvalue weighted by molar-refractivity contribution is -0.123. The van der Waals surface area contributed by atoms with Crippen LogP contribution in [0, 0.1) is 6.92 Å². The van der Waals surface area contributed by atoms with Crippen LogP contribution in [0.5, 0.6) is 5.75 Å². The first kappa shape index (κ1) is 18.8. The van der Waals surface area contributed by atoms with Crippen LogP contribution in [0.25, 0.3) is 0 Å². The Balaban J connectivity index is 1.89. The van der Waals surface area contributed by atoms with Crippen LogP contribution in [0.3, 0.4) is 0 Å². The molecule has 1 amide bonds. The summed E-state index contributed by atoms with van der Waals surface area (Å²) in [5.41, 5.74) is 1.46. The number of nitrogens with zero attached hydrogens (tertiary/aromatic N) is 1. The molecular weight excluding hydrogens is 340 g/mol. The van der Waals surface area contributed by atoms with Crippen molar-refractivity contribution in [2.75, 3.05) is 30.3 Å². The molecule has 6 nitrogen and oxygen atoms in total. The summed E-state index contributed by atoms with van der Waals surface area (Å²) >= 11 is 0. The number of carbonyl (C=O) groups is 1. The molecule has 2 rings (SSSR count). The van der Waals surface area contributed by atoms with Crippen LogP contribution in [-0.4, -0.2) is 40.3 Å². The lowest BCUT2D eigenvalue weighted by atomic mass is 10.2. The van der Waals surface area contributed by atoms with Gasteiger partial charge in [-0.2, -0.15) is 0 Å². The van der Waals surface area contributed by atoms with Gasteiger partial charge in [-0.15, -0.1) is 0 Å². The summed E-state index contributed by atoms with van der Waals surface area (Å²) < 4.78 is 30.8. The molecule has 0 bridgehead atoms. The van der Waals surface area contributed by atoms with E-state index in [1.807, 2.05) is 37.3 Å². The summed E-state index contributed by atoms with van der Waals surface area (Å²) in [6.07, 6.45) is 1.15. The van der Waals surface area contributed by atoms with E-state index in [1.165, 1.54) is 4.31 Å². The molecule has 0 aliphatic carbocycles. The van der Waals surface area contributed by atoms with Gasteiger partial charge in [-0.05, 0) is 30.7 Å². The molecule has 7 heteroatoms. The van der Waals surface area contributed by atoms with Gasteiger partial charge in [-0.1, -0.05) is 36.4 Å². The molecule has 0 spiro atoms. The summed E-state index contributed by atoms with van der Waals surface area (Å²) in [6.45, 7) is 2.08. The standard InChI is InChI=1S/C18H22N2O4S/c1-15-8-6-7-11-17(15)20(25(2,22)23)13-12-19-18(21)14-24-16-9-4-3-5-10-16/h3-11H,12-14H2,1-2H3,(H,19,21). The Hall–Kier alpha value is -2.54. The van der Waals surface area contributed by atoms with Crippen molar-refractivity contribution in [3.05, 3.63) is 60.2 Å². The monoisotopic (exact) mass is 362 g/mol. The van der Waals surface area contributed by atoms with E-state index in [0.717, 1.165) is 11.8 Å². The molecule has 0 unspecified atom stereocenters. The third-order valence-electron chi connectivity index (χ3n) is 3.53. The van der Waals surface area contributed by atoms with E-state index in [0.29, 0.717) is 11.4 Å². The van der Waals surface area contributed by atoms with Crippen molar-refractivity contribution in [1.29, 1.82) is 0 Å². The average Bonchev–Trinajstić information content (AvgIpc) is 2.58. The van der Waals surface area contributed by atoms with Gasteiger partial charge in [0.05, 0.1) is 18.5 Å². The molecule has 0 heterocycles. The highest BCUT2D eigenvalue weighted by Gasteiger charge is 2.18. The maximum atomic E-state index is 12.1. The second-order valence-corrected chi connectivity index (χ2v) is 7.48. The first-order valence-electron chi connectivity index (χ1n) is 7.86. The minimum atomic E-state index is -3.44. The van der Waals surface area contributed by atoms with E-state index in [4.69, 9.17) is 4.74 Å². The van der Waals surface area contributed by atoms with Crippen molar-refractivity contribution in [2.45, 2.75) is 6.92 Å².